The van der Waals surface area contributed by atoms with Crippen molar-refractivity contribution in [3.8, 4) is 5.88 Å². The summed E-state index contributed by atoms with van der Waals surface area (Å²) in [6.07, 6.45) is 2.45. The number of nitrogens with zero attached hydrogens (tertiary/aromatic N) is 2. The highest BCUT2D eigenvalue weighted by atomic mass is 32.2. The highest BCUT2D eigenvalue weighted by molar-refractivity contribution is 7.87. The van der Waals surface area contributed by atoms with Crippen LogP contribution in [0.25, 0.3) is 0 Å². The largest absolute Gasteiger partial charge is 0.534 e. The Kier molecular flexibility index (Phi) is 7.14. The van der Waals surface area contributed by atoms with Crippen molar-refractivity contribution in [3.05, 3.63) is 52.7 Å². The number of piperidine rings is 2. The monoisotopic (exact) mass is 547 g/mol. The molecule has 4 rings (SSSR count). The molecule has 2 aliphatic heterocycles. The second-order valence-electron chi connectivity index (χ2n) is 8.92. The third-order valence-corrected chi connectivity index (χ3v) is 7.58. The molecule has 37 heavy (non-hydrogen) atoms. The SMILES string of the molecule is Cc1c(C2CCN(c3ccc(C4CCC(=O)NC4=O)cc3F)CC2)cnc(OS(=O)(=O)C(F)(F)F)c1F. The van der Waals surface area contributed by atoms with E-state index < -0.39 is 45.0 Å². The molecule has 14 heteroatoms. The van der Waals surface area contributed by atoms with Crippen LogP contribution in [0.4, 0.5) is 27.6 Å². The van der Waals surface area contributed by atoms with Gasteiger partial charge in [0.15, 0.2) is 5.82 Å². The number of carbonyl (C=O) groups is 2. The first-order valence-electron chi connectivity index (χ1n) is 11.3. The predicted octanol–water partition coefficient (Wildman–Crippen LogP) is 3.80. The summed E-state index contributed by atoms with van der Waals surface area (Å²) in [5.74, 6) is -4.81. The zero-order chi connectivity index (χ0) is 27.1. The molecule has 0 aliphatic carbocycles. The maximum absolute atomic E-state index is 15.0. The maximum Gasteiger partial charge on any atom is 0.534 e. The number of benzene rings is 1. The number of anilines is 1. The molecule has 0 saturated carbocycles. The minimum atomic E-state index is -6.07. The molecular weight excluding hydrogens is 525 g/mol. The molecule has 1 aromatic heterocycles. The van der Waals surface area contributed by atoms with Gasteiger partial charge in [0, 0.05) is 25.7 Å². The average molecular weight is 548 g/mol. The second-order valence-corrected chi connectivity index (χ2v) is 10.5. The highest BCUT2D eigenvalue weighted by Gasteiger charge is 2.49. The van der Waals surface area contributed by atoms with Crippen LogP contribution in [0.2, 0.25) is 0 Å². The van der Waals surface area contributed by atoms with E-state index in [1.807, 2.05) is 0 Å². The summed E-state index contributed by atoms with van der Waals surface area (Å²) >= 11 is 0. The van der Waals surface area contributed by atoms with Gasteiger partial charge in [-0.15, -0.1) is 0 Å². The molecule has 0 spiro atoms. The third kappa shape index (κ3) is 5.38. The van der Waals surface area contributed by atoms with Gasteiger partial charge in [0.2, 0.25) is 11.8 Å². The number of nitrogens with one attached hydrogen (secondary N) is 1. The zero-order valence-electron chi connectivity index (χ0n) is 19.4. The molecule has 200 valence electrons. The number of imide groups is 1. The lowest BCUT2D eigenvalue weighted by atomic mass is 9.87. The fourth-order valence-electron chi connectivity index (χ4n) is 4.63. The van der Waals surface area contributed by atoms with Gasteiger partial charge >= 0.3 is 15.6 Å². The van der Waals surface area contributed by atoms with Crippen LogP contribution in [0.15, 0.2) is 24.4 Å². The summed E-state index contributed by atoms with van der Waals surface area (Å²) in [4.78, 5) is 28.7. The fraction of sp³-hybridized carbons (Fsp3) is 0.435. The number of halogens is 5. The van der Waals surface area contributed by atoms with Crippen molar-refractivity contribution in [3.63, 3.8) is 0 Å². The van der Waals surface area contributed by atoms with Gasteiger partial charge in [-0.1, -0.05) is 6.07 Å². The van der Waals surface area contributed by atoms with Gasteiger partial charge in [-0.3, -0.25) is 14.9 Å². The molecule has 0 bridgehead atoms. The van der Waals surface area contributed by atoms with Crippen molar-refractivity contribution in [1.82, 2.24) is 10.3 Å². The third-order valence-electron chi connectivity index (χ3n) is 6.63. The van der Waals surface area contributed by atoms with Crippen LogP contribution in [-0.4, -0.2) is 43.8 Å². The van der Waals surface area contributed by atoms with Crippen LogP contribution < -0.4 is 14.4 Å². The van der Waals surface area contributed by atoms with Crippen LogP contribution in [0.5, 0.6) is 5.88 Å². The van der Waals surface area contributed by atoms with E-state index in [0.717, 1.165) is 6.20 Å². The summed E-state index contributed by atoms with van der Waals surface area (Å²) < 4.78 is 93.5. The van der Waals surface area contributed by atoms with Crippen LogP contribution in [-0.2, 0) is 19.7 Å². The number of pyridine rings is 1. The van der Waals surface area contributed by atoms with Gasteiger partial charge in [0.25, 0.3) is 5.88 Å². The minimum Gasteiger partial charge on any atom is -0.369 e. The van der Waals surface area contributed by atoms with Crippen molar-refractivity contribution >= 4 is 27.6 Å². The lowest BCUT2D eigenvalue weighted by Gasteiger charge is -2.34. The molecule has 1 atom stereocenters. The van der Waals surface area contributed by atoms with Crippen molar-refractivity contribution in [2.24, 2.45) is 0 Å². The highest BCUT2D eigenvalue weighted by Crippen LogP contribution is 2.37. The lowest BCUT2D eigenvalue weighted by Crippen LogP contribution is -2.39. The van der Waals surface area contributed by atoms with Crippen LogP contribution >= 0.6 is 0 Å². The van der Waals surface area contributed by atoms with Crippen molar-refractivity contribution in [2.75, 3.05) is 18.0 Å². The van der Waals surface area contributed by atoms with Gasteiger partial charge in [-0.25, -0.2) is 13.8 Å². The van der Waals surface area contributed by atoms with E-state index >= 15 is 0 Å². The number of carbonyl (C=O) groups excluding carboxylic acids is 2. The number of hydrogen-bond acceptors (Lipinski definition) is 7. The lowest BCUT2D eigenvalue weighted by molar-refractivity contribution is -0.134. The van der Waals surface area contributed by atoms with Gasteiger partial charge < -0.3 is 9.08 Å². The Hall–Kier alpha value is -3.29. The van der Waals surface area contributed by atoms with Crippen molar-refractivity contribution < 1.29 is 44.1 Å². The first-order valence-corrected chi connectivity index (χ1v) is 12.7. The molecule has 3 heterocycles. The zero-order valence-corrected chi connectivity index (χ0v) is 20.3. The molecule has 1 aromatic carbocycles. The minimum absolute atomic E-state index is 0.0828. The molecule has 1 unspecified atom stereocenters. The van der Waals surface area contributed by atoms with Gasteiger partial charge in [-0.2, -0.15) is 21.6 Å². The quantitative estimate of drug-likeness (QED) is 0.263. The first-order chi connectivity index (χ1) is 17.3. The summed E-state index contributed by atoms with van der Waals surface area (Å²) in [5.41, 5.74) is -4.64. The Morgan fingerprint density at radius 3 is 2.38 bits per heavy atom. The van der Waals surface area contributed by atoms with E-state index in [4.69, 9.17) is 0 Å². The standard InChI is InChI=1S/C23H22F5N3O5S/c1-12-16(11-29-22(20(12)25)36-37(34,35)23(26,27)28)13-6-8-31(9-7-13)18-4-2-14(10-17(18)24)15-3-5-19(32)30-21(15)33/h2,4,10-11,13,15H,3,5-9H2,1H3,(H,30,32,33). The molecular formula is C23H22F5N3O5S. The van der Waals surface area contributed by atoms with Crippen LogP contribution in [0.3, 0.4) is 0 Å². The number of rotatable bonds is 5. The van der Waals surface area contributed by atoms with E-state index in [1.54, 1.807) is 17.0 Å². The van der Waals surface area contributed by atoms with Gasteiger partial charge in [-0.05, 0) is 60.9 Å². The Bertz CT molecular complexity index is 1340. The molecule has 2 aromatic rings. The Labute approximate surface area is 208 Å². The van der Waals surface area contributed by atoms with E-state index in [-0.39, 0.29) is 23.8 Å². The maximum atomic E-state index is 15.0. The smallest absolute Gasteiger partial charge is 0.369 e. The number of aromatic nitrogens is 1. The molecule has 2 aliphatic rings. The fourth-order valence-corrected chi connectivity index (χ4v) is 5.05. The molecule has 0 radical (unpaired) electrons. The first kappa shape index (κ1) is 26.8. The Balaban J connectivity index is 1.44. The molecule has 2 amide bonds. The average Bonchev–Trinajstić information content (AvgIpc) is 2.82. The summed E-state index contributed by atoms with van der Waals surface area (Å²) in [6.45, 7) is 2.04. The number of alkyl halides is 3. The normalized spacial score (nSPS) is 19.6. The number of amides is 2. The summed E-state index contributed by atoms with van der Waals surface area (Å²) in [5, 5.41) is 2.25. The van der Waals surface area contributed by atoms with Gasteiger partial charge in [0.05, 0.1) is 11.6 Å². The van der Waals surface area contributed by atoms with Crippen LogP contribution in [0.1, 0.15) is 54.2 Å². The van der Waals surface area contributed by atoms with E-state index in [2.05, 4.69) is 14.5 Å². The van der Waals surface area contributed by atoms with E-state index in [1.165, 1.54) is 13.0 Å². The van der Waals surface area contributed by atoms with E-state index in [9.17, 15) is 40.0 Å². The van der Waals surface area contributed by atoms with Crippen molar-refractivity contribution in [2.45, 2.75) is 50.0 Å². The molecule has 2 saturated heterocycles. The number of hydrogen-bond donors (Lipinski definition) is 1. The molecule has 1 N–H and O–H groups in total. The van der Waals surface area contributed by atoms with E-state index in [0.29, 0.717) is 49.2 Å². The predicted molar refractivity (Wildman–Crippen MR) is 120 cm³/mol. The van der Waals surface area contributed by atoms with Crippen molar-refractivity contribution in [1.29, 1.82) is 0 Å². The van der Waals surface area contributed by atoms with Gasteiger partial charge in [0.1, 0.15) is 5.82 Å². The molecule has 2 fully saturated rings. The molecule has 8 nitrogen and oxygen atoms in total. The second kappa shape index (κ2) is 9.88. The summed E-state index contributed by atoms with van der Waals surface area (Å²) in [6, 6.07) is 4.48. The Morgan fingerprint density at radius 1 is 1.11 bits per heavy atom. The topological polar surface area (TPSA) is 106 Å². The summed E-state index contributed by atoms with van der Waals surface area (Å²) in [7, 11) is -6.07. The Morgan fingerprint density at radius 2 is 1.78 bits per heavy atom. The van der Waals surface area contributed by atoms with Crippen LogP contribution in [0, 0.1) is 18.6 Å².